The maximum atomic E-state index is 5.66. The predicted molar refractivity (Wildman–Crippen MR) is 45.8 cm³/mol. The molecule has 0 fully saturated rings. The fraction of sp³-hybridized carbons (Fsp3) is 0.200. The number of hydrogen-bond donors (Lipinski definition) is 3. The van der Waals surface area contributed by atoms with E-state index in [-0.39, 0.29) is 22.7 Å². The number of nitrogens with one attached hydrogen (secondary N) is 1. The monoisotopic (exact) mass is 189 g/mol. The summed E-state index contributed by atoms with van der Waals surface area (Å²) in [6.45, 7) is 0. The van der Waals surface area contributed by atoms with E-state index < -0.39 is 0 Å². The van der Waals surface area contributed by atoms with Crippen molar-refractivity contribution in [3.05, 3.63) is 5.15 Å². The van der Waals surface area contributed by atoms with E-state index in [1.807, 2.05) is 0 Å². The summed E-state index contributed by atoms with van der Waals surface area (Å²) in [6, 6.07) is 0. The Morgan fingerprint density at radius 1 is 1.50 bits per heavy atom. The second-order valence-electron chi connectivity index (χ2n) is 1.90. The first kappa shape index (κ1) is 8.82. The Kier molecular flexibility index (Phi) is 2.51. The first-order valence-electron chi connectivity index (χ1n) is 3.02. The van der Waals surface area contributed by atoms with Crippen molar-refractivity contribution in [1.82, 2.24) is 9.97 Å². The van der Waals surface area contributed by atoms with Gasteiger partial charge < -0.3 is 15.9 Å². The lowest BCUT2D eigenvalue weighted by Crippen LogP contribution is -2.12. The summed E-state index contributed by atoms with van der Waals surface area (Å²) in [7, 11) is 1.43. The molecule has 0 unspecified atom stereocenters. The Morgan fingerprint density at radius 3 is 2.67 bits per heavy atom. The molecule has 1 aromatic rings. The van der Waals surface area contributed by atoms with Crippen LogP contribution in [0.15, 0.2) is 0 Å². The summed E-state index contributed by atoms with van der Waals surface area (Å²) in [5, 5.41) is 0.123. The minimum atomic E-state index is 0.0359. The number of ether oxygens (including phenoxy) is 1. The van der Waals surface area contributed by atoms with Crippen LogP contribution < -0.4 is 21.7 Å². The number of nitrogens with zero attached hydrogens (tertiary/aromatic N) is 2. The molecule has 0 aliphatic rings. The van der Waals surface area contributed by atoms with E-state index in [2.05, 4.69) is 15.4 Å². The summed E-state index contributed by atoms with van der Waals surface area (Å²) in [5.41, 5.74) is 7.59. The lowest BCUT2D eigenvalue weighted by atomic mass is 10.5. The van der Waals surface area contributed by atoms with Crippen molar-refractivity contribution in [2.24, 2.45) is 5.84 Å². The lowest BCUT2D eigenvalue weighted by molar-refractivity contribution is 0.413. The van der Waals surface area contributed by atoms with E-state index in [9.17, 15) is 0 Å². The van der Waals surface area contributed by atoms with Gasteiger partial charge in [-0.1, -0.05) is 11.6 Å². The molecule has 5 N–H and O–H groups in total. The molecule has 1 rings (SSSR count). The molecule has 12 heavy (non-hydrogen) atoms. The topological polar surface area (TPSA) is 99.1 Å². The molecule has 0 radical (unpaired) electrons. The first-order chi connectivity index (χ1) is 5.69. The molecular weight excluding hydrogens is 182 g/mol. The van der Waals surface area contributed by atoms with Crippen LogP contribution in [0.5, 0.6) is 5.75 Å². The van der Waals surface area contributed by atoms with E-state index in [4.69, 9.17) is 27.9 Å². The summed E-state index contributed by atoms with van der Waals surface area (Å²) in [4.78, 5) is 7.41. The van der Waals surface area contributed by atoms with Gasteiger partial charge in [-0.15, -0.1) is 0 Å². The standard InChI is InChI=1S/C5H8ClN5O/c1-12-2-3(6)9-5(7)10-4(2)11-8/h8H2,1H3,(H3,7,9,10,11). The van der Waals surface area contributed by atoms with E-state index in [1.165, 1.54) is 7.11 Å². The highest BCUT2D eigenvalue weighted by molar-refractivity contribution is 6.31. The second kappa shape index (κ2) is 3.42. The Bertz CT molecular complexity index is 291. The van der Waals surface area contributed by atoms with Crippen LogP contribution in [0.2, 0.25) is 5.15 Å². The number of hydrazine groups is 1. The van der Waals surface area contributed by atoms with Gasteiger partial charge in [0.25, 0.3) is 0 Å². The van der Waals surface area contributed by atoms with Crippen LogP contribution in [0, 0.1) is 0 Å². The quantitative estimate of drug-likeness (QED) is 0.344. The molecular formula is C5H8ClN5O. The van der Waals surface area contributed by atoms with Crippen molar-refractivity contribution in [1.29, 1.82) is 0 Å². The van der Waals surface area contributed by atoms with Crippen molar-refractivity contribution in [2.45, 2.75) is 0 Å². The number of aromatic nitrogens is 2. The number of hydrogen-bond acceptors (Lipinski definition) is 6. The van der Waals surface area contributed by atoms with Crippen LogP contribution in [0.25, 0.3) is 0 Å². The molecule has 0 aliphatic heterocycles. The molecule has 0 atom stereocenters. The van der Waals surface area contributed by atoms with Gasteiger partial charge in [-0.2, -0.15) is 9.97 Å². The van der Waals surface area contributed by atoms with Gasteiger partial charge in [-0.05, 0) is 0 Å². The maximum absolute atomic E-state index is 5.66. The summed E-state index contributed by atoms with van der Waals surface area (Å²) in [5.74, 6) is 5.70. The Morgan fingerprint density at radius 2 is 2.17 bits per heavy atom. The van der Waals surface area contributed by atoms with E-state index in [0.717, 1.165) is 0 Å². The third kappa shape index (κ3) is 1.49. The first-order valence-corrected chi connectivity index (χ1v) is 3.40. The van der Waals surface area contributed by atoms with Crippen molar-refractivity contribution in [3.63, 3.8) is 0 Å². The zero-order chi connectivity index (χ0) is 9.14. The molecule has 6 nitrogen and oxygen atoms in total. The normalized spacial score (nSPS) is 9.58. The van der Waals surface area contributed by atoms with Gasteiger partial charge in [0.05, 0.1) is 7.11 Å². The van der Waals surface area contributed by atoms with Crippen molar-refractivity contribution in [3.8, 4) is 5.75 Å². The highest BCUT2D eigenvalue weighted by Crippen LogP contribution is 2.29. The molecule has 1 aromatic heterocycles. The highest BCUT2D eigenvalue weighted by atomic mass is 35.5. The zero-order valence-corrected chi connectivity index (χ0v) is 7.09. The van der Waals surface area contributed by atoms with E-state index in [0.29, 0.717) is 0 Å². The Hall–Kier alpha value is -1.27. The molecule has 0 saturated carbocycles. The van der Waals surface area contributed by atoms with Gasteiger partial charge in [0.1, 0.15) is 0 Å². The molecule has 0 aliphatic carbocycles. The van der Waals surface area contributed by atoms with Crippen LogP contribution >= 0.6 is 11.6 Å². The third-order valence-corrected chi connectivity index (χ3v) is 1.44. The zero-order valence-electron chi connectivity index (χ0n) is 6.34. The fourth-order valence-corrected chi connectivity index (χ4v) is 0.971. The molecule has 0 amide bonds. The molecule has 0 aromatic carbocycles. The van der Waals surface area contributed by atoms with Gasteiger partial charge in [-0.25, -0.2) is 5.84 Å². The number of rotatable bonds is 2. The SMILES string of the molecule is COc1c(Cl)nc(N)nc1NN. The molecule has 66 valence electrons. The van der Waals surface area contributed by atoms with Crippen molar-refractivity contribution >= 4 is 23.4 Å². The van der Waals surface area contributed by atoms with Gasteiger partial charge in [0.2, 0.25) is 5.95 Å². The summed E-state index contributed by atoms with van der Waals surface area (Å²) < 4.78 is 4.87. The van der Waals surface area contributed by atoms with Gasteiger partial charge in [-0.3, -0.25) is 0 Å². The van der Waals surface area contributed by atoms with Crippen LogP contribution in [-0.4, -0.2) is 17.1 Å². The number of methoxy groups -OCH3 is 1. The average molecular weight is 190 g/mol. The number of nitrogen functional groups attached to an aromatic ring is 2. The summed E-state index contributed by atoms with van der Waals surface area (Å²) in [6.07, 6.45) is 0. The third-order valence-electron chi connectivity index (χ3n) is 1.18. The number of anilines is 2. The Balaban J connectivity index is 3.24. The molecule has 7 heteroatoms. The van der Waals surface area contributed by atoms with Gasteiger partial charge >= 0.3 is 0 Å². The van der Waals surface area contributed by atoms with Gasteiger partial charge in [0, 0.05) is 0 Å². The largest absolute Gasteiger partial charge is 0.490 e. The minimum Gasteiger partial charge on any atom is -0.490 e. The summed E-state index contributed by atoms with van der Waals surface area (Å²) >= 11 is 5.66. The lowest BCUT2D eigenvalue weighted by Gasteiger charge is -2.07. The predicted octanol–water partition coefficient (Wildman–Crippen LogP) is 0.00640. The number of nitrogens with two attached hydrogens (primary N) is 2. The molecule has 1 heterocycles. The van der Waals surface area contributed by atoms with Crippen LogP contribution in [0.1, 0.15) is 0 Å². The molecule has 0 bridgehead atoms. The minimum absolute atomic E-state index is 0.0359. The van der Waals surface area contributed by atoms with E-state index >= 15 is 0 Å². The van der Waals surface area contributed by atoms with Crippen LogP contribution in [0.4, 0.5) is 11.8 Å². The van der Waals surface area contributed by atoms with Gasteiger partial charge in [0.15, 0.2) is 16.7 Å². The van der Waals surface area contributed by atoms with Crippen LogP contribution in [-0.2, 0) is 0 Å². The number of halogens is 1. The average Bonchev–Trinajstić information content (AvgIpc) is 2.03. The molecule has 0 spiro atoms. The fourth-order valence-electron chi connectivity index (χ4n) is 0.718. The molecule has 0 saturated heterocycles. The second-order valence-corrected chi connectivity index (χ2v) is 2.26. The smallest absolute Gasteiger partial charge is 0.223 e. The van der Waals surface area contributed by atoms with E-state index in [1.54, 1.807) is 0 Å². The maximum Gasteiger partial charge on any atom is 0.223 e. The Labute approximate surface area is 73.9 Å². The highest BCUT2D eigenvalue weighted by Gasteiger charge is 2.10. The van der Waals surface area contributed by atoms with Crippen molar-refractivity contribution in [2.75, 3.05) is 18.3 Å². The van der Waals surface area contributed by atoms with Crippen molar-refractivity contribution < 1.29 is 4.74 Å². The van der Waals surface area contributed by atoms with Crippen LogP contribution in [0.3, 0.4) is 0 Å².